The smallest absolute Gasteiger partial charge is 0.241 e. The molecule has 0 fully saturated rings. The molecule has 2 rings (SSSR count). The summed E-state index contributed by atoms with van der Waals surface area (Å²) in [5.41, 5.74) is 1.26. The summed E-state index contributed by atoms with van der Waals surface area (Å²) < 4.78 is 26.7. The van der Waals surface area contributed by atoms with Crippen molar-refractivity contribution < 1.29 is 18.0 Å². The standard InChI is InChI=1S/C15H21N3O4S/c1-10(2)5-6-16-15(20)9-17-23(21,22)12-3-4-13-11(7-12)8-14(19)18-13/h3-4,7,10,17H,5-6,8-9H2,1-2H3,(H,16,20)(H,18,19). The first-order valence-electron chi connectivity index (χ1n) is 7.47. The summed E-state index contributed by atoms with van der Waals surface area (Å²) in [5, 5.41) is 5.31. The van der Waals surface area contributed by atoms with Gasteiger partial charge in [-0.25, -0.2) is 13.1 Å². The number of carbonyl (C=O) groups is 2. The average molecular weight is 339 g/mol. The van der Waals surface area contributed by atoms with Gasteiger partial charge in [0.05, 0.1) is 17.9 Å². The van der Waals surface area contributed by atoms with Gasteiger partial charge in [0.2, 0.25) is 21.8 Å². The third-order valence-corrected chi connectivity index (χ3v) is 4.88. The second kappa shape index (κ2) is 7.10. The first-order chi connectivity index (χ1) is 10.8. The van der Waals surface area contributed by atoms with E-state index in [1.165, 1.54) is 12.1 Å². The Morgan fingerprint density at radius 3 is 2.78 bits per heavy atom. The summed E-state index contributed by atoms with van der Waals surface area (Å²) in [7, 11) is -3.79. The molecule has 1 heterocycles. The summed E-state index contributed by atoms with van der Waals surface area (Å²) in [6, 6.07) is 4.41. The number of rotatable bonds is 7. The fourth-order valence-electron chi connectivity index (χ4n) is 2.18. The third-order valence-electron chi connectivity index (χ3n) is 3.48. The van der Waals surface area contributed by atoms with Crippen LogP contribution in [-0.4, -0.2) is 33.3 Å². The highest BCUT2D eigenvalue weighted by molar-refractivity contribution is 7.89. The number of sulfonamides is 1. The summed E-state index contributed by atoms with van der Waals surface area (Å²) in [4.78, 5) is 23.0. The van der Waals surface area contributed by atoms with Gasteiger partial charge >= 0.3 is 0 Å². The number of fused-ring (bicyclic) bond motifs is 1. The first kappa shape index (κ1) is 17.4. The predicted octanol–water partition coefficient (Wildman–Crippen LogP) is 0.622. The lowest BCUT2D eigenvalue weighted by Crippen LogP contribution is -2.37. The number of nitrogens with one attached hydrogen (secondary N) is 3. The Bertz CT molecular complexity index is 713. The monoisotopic (exact) mass is 339 g/mol. The van der Waals surface area contributed by atoms with Gasteiger partial charge in [0.1, 0.15) is 0 Å². The van der Waals surface area contributed by atoms with Crippen LogP contribution in [0.25, 0.3) is 0 Å². The van der Waals surface area contributed by atoms with E-state index in [0.717, 1.165) is 6.42 Å². The van der Waals surface area contributed by atoms with Crippen molar-refractivity contribution in [3.8, 4) is 0 Å². The Hall–Kier alpha value is -1.93. The number of amides is 2. The highest BCUT2D eigenvalue weighted by atomic mass is 32.2. The van der Waals surface area contributed by atoms with Gasteiger partial charge < -0.3 is 10.6 Å². The highest BCUT2D eigenvalue weighted by Crippen LogP contribution is 2.25. The molecule has 0 bridgehead atoms. The molecule has 0 spiro atoms. The quantitative estimate of drug-likeness (QED) is 0.677. The van der Waals surface area contributed by atoms with E-state index < -0.39 is 10.0 Å². The van der Waals surface area contributed by atoms with Crippen LogP contribution in [0.1, 0.15) is 25.8 Å². The van der Waals surface area contributed by atoms with E-state index in [1.54, 1.807) is 6.07 Å². The molecule has 0 radical (unpaired) electrons. The molecule has 1 aromatic rings. The molecule has 2 amide bonds. The van der Waals surface area contributed by atoms with Crippen molar-refractivity contribution in [3.63, 3.8) is 0 Å². The fraction of sp³-hybridized carbons (Fsp3) is 0.467. The molecule has 3 N–H and O–H groups in total. The minimum atomic E-state index is -3.79. The zero-order chi connectivity index (χ0) is 17.0. The number of anilines is 1. The lowest BCUT2D eigenvalue weighted by molar-refractivity contribution is -0.120. The van der Waals surface area contributed by atoms with Crippen molar-refractivity contribution in [1.29, 1.82) is 0 Å². The molecule has 126 valence electrons. The molecule has 1 aliphatic heterocycles. The van der Waals surface area contributed by atoms with Crippen LogP contribution in [0.5, 0.6) is 0 Å². The average Bonchev–Trinajstić information content (AvgIpc) is 2.84. The van der Waals surface area contributed by atoms with E-state index >= 15 is 0 Å². The minimum absolute atomic E-state index is 0.0442. The number of hydrogen-bond donors (Lipinski definition) is 3. The van der Waals surface area contributed by atoms with E-state index in [1.807, 2.05) is 13.8 Å². The molecular weight excluding hydrogens is 318 g/mol. The Morgan fingerprint density at radius 2 is 2.09 bits per heavy atom. The summed E-state index contributed by atoms with van der Waals surface area (Å²) >= 11 is 0. The van der Waals surface area contributed by atoms with Gasteiger partial charge in [-0.15, -0.1) is 0 Å². The Kier molecular flexibility index (Phi) is 5.38. The maximum Gasteiger partial charge on any atom is 0.241 e. The van der Waals surface area contributed by atoms with Crippen LogP contribution in [0.15, 0.2) is 23.1 Å². The van der Waals surface area contributed by atoms with Crippen molar-refractivity contribution >= 4 is 27.5 Å². The highest BCUT2D eigenvalue weighted by Gasteiger charge is 2.22. The molecule has 7 nitrogen and oxygen atoms in total. The zero-order valence-corrected chi connectivity index (χ0v) is 14.0. The van der Waals surface area contributed by atoms with Crippen LogP contribution in [0.2, 0.25) is 0 Å². The molecule has 1 aromatic carbocycles. The first-order valence-corrected chi connectivity index (χ1v) is 8.95. The second-order valence-electron chi connectivity index (χ2n) is 5.90. The van der Waals surface area contributed by atoms with Gasteiger partial charge in [0.25, 0.3) is 0 Å². The van der Waals surface area contributed by atoms with Crippen LogP contribution >= 0.6 is 0 Å². The van der Waals surface area contributed by atoms with Crippen molar-refractivity contribution in [1.82, 2.24) is 10.0 Å². The van der Waals surface area contributed by atoms with Gasteiger partial charge in [-0.1, -0.05) is 13.8 Å². The second-order valence-corrected chi connectivity index (χ2v) is 7.67. The fourth-order valence-corrected chi connectivity index (χ4v) is 3.21. The minimum Gasteiger partial charge on any atom is -0.355 e. The van der Waals surface area contributed by atoms with Gasteiger partial charge in [-0.3, -0.25) is 9.59 Å². The van der Waals surface area contributed by atoms with E-state index in [-0.39, 0.29) is 29.7 Å². The molecule has 0 saturated carbocycles. The zero-order valence-electron chi connectivity index (χ0n) is 13.2. The lowest BCUT2D eigenvalue weighted by atomic mass is 10.1. The van der Waals surface area contributed by atoms with Crippen molar-refractivity contribution in [2.24, 2.45) is 5.92 Å². The maximum atomic E-state index is 12.2. The molecule has 0 atom stereocenters. The SMILES string of the molecule is CC(C)CCNC(=O)CNS(=O)(=O)c1ccc2c(c1)CC(=O)N2. The van der Waals surface area contributed by atoms with Crippen LogP contribution in [0.3, 0.4) is 0 Å². The number of hydrogen-bond acceptors (Lipinski definition) is 4. The third kappa shape index (κ3) is 4.77. The van der Waals surface area contributed by atoms with E-state index in [4.69, 9.17) is 0 Å². The van der Waals surface area contributed by atoms with Gasteiger partial charge in [0.15, 0.2) is 0 Å². The summed E-state index contributed by atoms with van der Waals surface area (Å²) in [5.74, 6) is -0.0611. The molecule has 0 unspecified atom stereocenters. The molecule has 23 heavy (non-hydrogen) atoms. The maximum absolute atomic E-state index is 12.2. The van der Waals surface area contributed by atoms with E-state index in [0.29, 0.717) is 23.7 Å². The summed E-state index contributed by atoms with van der Waals surface area (Å²) in [6.45, 7) is 4.30. The van der Waals surface area contributed by atoms with Crippen LogP contribution in [0, 0.1) is 5.92 Å². The van der Waals surface area contributed by atoms with Crippen molar-refractivity contribution in [3.05, 3.63) is 23.8 Å². The summed E-state index contributed by atoms with van der Waals surface area (Å²) in [6.07, 6.45) is 0.999. The van der Waals surface area contributed by atoms with Crippen molar-refractivity contribution in [2.45, 2.75) is 31.6 Å². The van der Waals surface area contributed by atoms with E-state index in [2.05, 4.69) is 15.4 Å². The molecular formula is C15H21N3O4S. The molecule has 0 saturated heterocycles. The Labute approximate surface area is 135 Å². The van der Waals surface area contributed by atoms with Crippen LogP contribution < -0.4 is 15.4 Å². The van der Waals surface area contributed by atoms with Gasteiger partial charge in [-0.2, -0.15) is 0 Å². The Morgan fingerprint density at radius 1 is 1.35 bits per heavy atom. The topological polar surface area (TPSA) is 104 Å². The van der Waals surface area contributed by atoms with Crippen LogP contribution in [0.4, 0.5) is 5.69 Å². The normalized spacial score (nSPS) is 13.8. The largest absolute Gasteiger partial charge is 0.355 e. The Balaban J connectivity index is 1.93. The van der Waals surface area contributed by atoms with Crippen molar-refractivity contribution in [2.75, 3.05) is 18.4 Å². The van der Waals surface area contributed by atoms with Crippen LogP contribution in [-0.2, 0) is 26.0 Å². The molecule has 0 aliphatic carbocycles. The predicted molar refractivity (Wildman–Crippen MR) is 86.4 cm³/mol. The molecule has 0 aromatic heterocycles. The number of benzene rings is 1. The number of carbonyl (C=O) groups excluding carboxylic acids is 2. The lowest BCUT2D eigenvalue weighted by Gasteiger charge is -2.09. The van der Waals surface area contributed by atoms with Gasteiger partial charge in [-0.05, 0) is 36.1 Å². The van der Waals surface area contributed by atoms with E-state index in [9.17, 15) is 18.0 Å². The molecule has 1 aliphatic rings. The molecule has 8 heteroatoms. The van der Waals surface area contributed by atoms with Gasteiger partial charge in [0, 0.05) is 12.2 Å².